The van der Waals surface area contributed by atoms with Gasteiger partial charge >= 0.3 is 300 Å². The Morgan fingerprint density at radius 2 is 0.286 bits per heavy atom. The molecule has 0 aromatic heterocycles. The molecule has 98 heavy (non-hydrogen) atoms. The molecule has 0 aliphatic heterocycles. The van der Waals surface area contributed by atoms with Crippen molar-refractivity contribution in [3.63, 3.8) is 0 Å². The van der Waals surface area contributed by atoms with E-state index < -0.39 is 61.9 Å². The molecule has 0 saturated heterocycles. The van der Waals surface area contributed by atoms with Gasteiger partial charge in [-0.1, -0.05) is 243 Å². The van der Waals surface area contributed by atoms with E-state index in [0.29, 0.717) is 0 Å². The van der Waals surface area contributed by atoms with Crippen LogP contribution in [-0.4, -0.2) is 40.5 Å². The molecule has 0 radical (unpaired) electrons. The van der Waals surface area contributed by atoms with E-state index in [4.69, 9.17) is 6.76 Å². The maximum absolute atomic E-state index is 5.76. The van der Waals surface area contributed by atoms with Crippen LogP contribution in [0, 0.1) is 0 Å². The maximum Gasteiger partial charge on any atom is 0.108 e. The van der Waals surface area contributed by atoms with Crippen molar-refractivity contribution in [1.82, 2.24) is 0 Å². The number of rotatable bonds is 18. The molecule has 474 valence electrons. The quantitative estimate of drug-likeness (QED) is 0.0765. The van der Waals surface area contributed by atoms with Crippen LogP contribution in [0.25, 0.3) is 0 Å². The molecule has 0 aliphatic rings. The van der Waals surface area contributed by atoms with E-state index in [1.54, 1.807) is 0 Å². The van der Waals surface area contributed by atoms with Crippen LogP contribution in [0.3, 0.4) is 0 Å². The van der Waals surface area contributed by atoms with Gasteiger partial charge in [-0.15, -0.1) is 0 Å². The van der Waals surface area contributed by atoms with Crippen molar-refractivity contribution in [2.75, 3.05) is 0 Å². The molecule has 0 bridgehead atoms. The fourth-order valence-electron chi connectivity index (χ4n) is 13.3. The second-order valence-electron chi connectivity index (χ2n) is 23.7. The summed E-state index contributed by atoms with van der Waals surface area (Å²) in [5, 5.41) is 0. The van der Waals surface area contributed by atoms with Crippen molar-refractivity contribution in [1.29, 1.82) is 0 Å². The summed E-state index contributed by atoms with van der Waals surface area (Å²) in [6, 6.07) is 161. The van der Waals surface area contributed by atoms with E-state index in [-0.39, 0.29) is 0 Å². The van der Waals surface area contributed by atoms with E-state index in [1.807, 2.05) is 0 Å². The summed E-state index contributed by atoms with van der Waals surface area (Å²) in [4.78, 5) is 4.91. The predicted octanol–water partition coefficient (Wildman–Crippen LogP) is 13.9. The fourth-order valence-corrected chi connectivity index (χ4v) is 27.3. The third-order valence-corrected chi connectivity index (χ3v) is 31.0. The first-order chi connectivity index (χ1) is 48.7. The van der Waals surface area contributed by atoms with Crippen LogP contribution in [0.15, 0.2) is 475 Å². The summed E-state index contributed by atoms with van der Waals surface area (Å²) >= 11 is -3.43. The van der Waals surface area contributed by atoms with Gasteiger partial charge in [-0.2, -0.15) is 43.7 Å². The van der Waals surface area contributed by atoms with Crippen LogP contribution in [0.1, 0.15) is 0 Å². The third-order valence-electron chi connectivity index (χ3n) is 17.8. The fraction of sp³-hybridized carbons (Fsp3) is 0. The van der Waals surface area contributed by atoms with Crippen LogP contribution in [0.2, 0.25) is 0 Å². The van der Waals surface area contributed by atoms with Gasteiger partial charge in [-0.25, -0.2) is 0 Å². The molecule has 0 N–H and O–H groups in total. The smallest absolute Gasteiger partial charge is 0.108 e. The largest absolute Gasteiger partial charge is 0.195 e. The van der Waals surface area contributed by atoms with Crippen molar-refractivity contribution >= 4 is 123 Å². The molecular weight excluding hydrogens is 1350 g/mol. The van der Waals surface area contributed by atoms with Crippen LogP contribution >= 0.6 is 0 Å². The molecule has 15 aromatic rings. The average molecular weight is 1430 g/mol. The summed E-state index contributed by atoms with van der Waals surface area (Å²) in [6.45, 7) is 0. The number of hydrogen-bond donors (Lipinski definition) is 0. The number of hydrogen-bond acceptors (Lipinski definition) is 2. The van der Waals surface area contributed by atoms with Crippen LogP contribution < -0.4 is 61.5 Å². The van der Waals surface area contributed by atoms with E-state index in [1.165, 1.54) is 81.1 Å². The SMILES string of the molecule is c1ccc(/[S@@](=N/[Se+](c2ccccc2)c2ccccc2)c2ccc(/[S@@](=N\[Se+](c3ccccc3)c3ccccc3)c3ccccc3)cc2)cc1.c1ccc([B-](c2ccccc2)(c2ccccc2)c2ccccc2)cc1.c1ccc([B-](c2ccccc2)(c2ccccc2)c2ccccc2)cc1. The van der Waals surface area contributed by atoms with E-state index in [0.717, 1.165) is 0 Å². The van der Waals surface area contributed by atoms with Crippen molar-refractivity contribution in [3.05, 3.63) is 449 Å². The van der Waals surface area contributed by atoms with Gasteiger partial charge in [-0.3, -0.25) is 0 Å². The van der Waals surface area contributed by atoms with Crippen LogP contribution in [-0.2, 0) is 21.4 Å². The summed E-state index contributed by atoms with van der Waals surface area (Å²) in [6.07, 6.45) is -2.43. The molecule has 2 atom stereocenters. The zero-order chi connectivity index (χ0) is 66.3. The molecule has 0 saturated carbocycles. The summed E-state index contributed by atoms with van der Waals surface area (Å²) in [5.41, 5.74) is 10.7. The van der Waals surface area contributed by atoms with Gasteiger partial charge in [0, 0.05) is 0 Å². The number of benzene rings is 15. The Hall–Kier alpha value is -10.2. The first-order valence-electron chi connectivity index (χ1n) is 33.2. The van der Waals surface area contributed by atoms with E-state index >= 15 is 0 Å². The second kappa shape index (κ2) is 33.6. The van der Waals surface area contributed by atoms with Crippen LogP contribution in [0.5, 0.6) is 0 Å². The Labute approximate surface area is 593 Å². The van der Waals surface area contributed by atoms with Gasteiger partial charge in [0.25, 0.3) is 0 Å². The first kappa shape index (κ1) is 66.4. The molecule has 0 amide bonds. The predicted molar refractivity (Wildman–Crippen MR) is 428 cm³/mol. The van der Waals surface area contributed by atoms with Gasteiger partial charge < -0.3 is 0 Å². The molecule has 2 nitrogen and oxygen atoms in total. The Balaban J connectivity index is 0.000000145. The summed E-state index contributed by atoms with van der Waals surface area (Å²) in [7, 11) is -0.915. The minimum Gasteiger partial charge on any atom is -0.195 e. The molecule has 15 aromatic carbocycles. The molecule has 0 spiro atoms. The van der Waals surface area contributed by atoms with Crippen molar-refractivity contribution in [3.8, 4) is 0 Å². The first-order valence-corrected chi connectivity index (χ1v) is 40.6. The molecular formula is C90H74B2N2S2Se2. The molecule has 0 unspecified atom stereocenters. The van der Waals surface area contributed by atoms with Gasteiger partial charge in [0.1, 0.15) is 12.3 Å². The third kappa shape index (κ3) is 15.4. The summed E-state index contributed by atoms with van der Waals surface area (Å²) in [5.74, 6) is 0. The Morgan fingerprint density at radius 1 is 0.153 bits per heavy atom. The Bertz CT molecular complexity index is 4170. The zero-order valence-corrected chi connectivity index (χ0v) is 59.5. The molecule has 8 heteroatoms. The van der Waals surface area contributed by atoms with Gasteiger partial charge in [0.15, 0.2) is 0 Å². The van der Waals surface area contributed by atoms with E-state index in [9.17, 15) is 0 Å². The van der Waals surface area contributed by atoms with E-state index in [2.05, 4.69) is 449 Å². The number of nitrogens with zero attached hydrogens (tertiary/aromatic N) is 2. The summed E-state index contributed by atoms with van der Waals surface area (Å²) < 4.78 is 16.8. The Morgan fingerprint density at radius 3 is 0.449 bits per heavy atom. The second-order valence-corrected chi connectivity index (χ2v) is 35.2. The van der Waals surface area contributed by atoms with Gasteiger partial charge in [0.2, 0.25) is 0 Å². The maximum atomic E-state index is 5.76. The average Bonchev–Trinajstić information content (AvgIpc) is 0.744. The monoisotopic (exact) mass is 1430 g/mol. The van der Waals surface area contributed by atoms with Crippen molar-refractivity contribution < 1.29 is 0 Å². The van der Waals surface area contributed by atoms with Crippen LogP contribution in [0.4, 0.5) is 0 Å². The minimum absolute atomic E-state index is 0.458. The van der Waals surface area contributed by atoms with Gasteiger partial charge in [0.05, 0.1) is 0 Å². The standard InChI is InChI=1S/C42H34N2S2Se2.2C24H20B/c1-7-19-35(20-8-1)45(43-47(39-23-11-3-12-24-39)40-25-13-4-14-26-40)37-31-33-38(34-32-37)46(36-21-9-2-10-22-36)44-48(41-27-15-5-16-28-41)42-29-17-6-18-30-42;2*1-5-13-21(14-6-1)25(22-15-7-2-8-16-22,23-17-9-3-10-18-23)24-19-11-4-12-20-24/h1-34H;2*1-20H/q+2;2*-1/t45-,46+;;. The minimum atomic E-state index is -1.71. The molecule has 0 heterocycles. The molecule has 0 fully saturated rings. The topological polar surface area (TPSA) is 24.7 Å². The normalized spacial score (nSPS) is 11.9. The zero-order valence-electron chi connectivity index (χ0n) is 54.4. The Kier molecular flexibility index (Phi) is 22.8. The molecule has 15 rings (SSSR count). The molecule has 0 aliphatic carbocycles. The van der Waals surface area contributed by atoms with Crippen molar-refractivity contribution in [2.45, 2.75) is 19.6 Å². The van der Waals surface area contributed by atoms with Crippen molar-refractivity contribution in [2.24, 2.45) is 6.76 Å². The van der Waals surface area contributed by atoms with Gasteiger partial charge in [-0.05, 0) is 0 Å².